The van der Waals surface area contributed by atoms with Crippen molar-refractivity contribution in [1.29, 1.82) is 0 Å². The zero-order chi connectivity index (χ0) is 28.1. The van der Waals surface area contributed by atoms with Gasteiger partial charge in [0.25, 0.3) is 0 Å². The Kier molecular flexibility index (Phi) is 11.6. The van der Waals surface area contributed by atoms with Crippen LogP contribution in [0.25, 0.3) is 0 Å². The molecule has 16 heteroatoms. The SMILES string of the molecule is NCC[C@H](O)C(=O)N[C@@H]1C[C@H](N)C(O[C@@H]2OC(CN)CCC2N)C(O)[C@@H]1O[C@@H]1OC(CO)[C@H](O)[C@H](N)C1O. The minimum atomic E-state index is -1.55. The summed E-state index contributed by atoms with van der Waals surface area (Å²) < 4.78 is 23.3. The first-order valence-electron chi connectivity index (χ1n) is 12.9. The van der Waals surface area contributed by atoms with E-state index in [4.69, 9.17) is 47.6 Å². The summed E-state index contributed by atoms with van der Waals surface area (Å²) in [6, 6.07) is -3.54. The van der Waals surface area contributed by atoms with Gasteiger partial charge in [0.2, 0.25) is 5.91 Å². The van der Waals surface area contributed by atoms with Crippen molar-refractivity contribution in [1.82, 2.24) is 5.32 Å². The van der Waals surface area contributed by atoms with Gasteiger partial charge in [0.1, 0.15) is 42.7 Å². The van der Waals surface area contributed by atoms with Crippen molar-refractivity contribution in [3.63, 3.8) is 0 Å². The Balaban J connectivity index is 1.82. The highest BCUT2D eigenvalue weighted by molar-refractivity contribution is 5.80. The molecule has 38 heavy (non-hydrogen) atoms. The van der Waals surface area contributed by atoms with Gasteiger partial charge in [-0.05, 0) is 32.2 Å². The van der Waals surface area contributed by atoms with E-state index in [-0.39, 0.29) is 32.0 Å². The largest absolute Gasteiger partial charge is 0.394 e. The summed E-state index contributed by atoms with van der Waals surface area (Å²) in [6.07, 6.45) is -10.8. The Bertz CT molecular complexity index is 755. The lowest BCUT2D eigenvalue weighted by atomic mass is 9.83. The van der Waals surface area contributed by atoms with Crippen LogP contribution in [0.5, 0.6) is 0 Å². The highest BCUT2D eigenvalue weighted by Crippen LogP contribution is 2.31. The molecule has 2 saturated heterocycles. The minimum Gasteiger partial charge on any atom is -0.394 e. The topological polar surface area (TPSA) is 297 Å². The maximum atomic E-state index is 12.6. The lowest BCUT2D eigenvalue weighted by Gasteiger charge is -2.48. The number of amides is 1. The van der Waals surface area contributed by atoms with Crippen LogP contribution in [-0.2, 0) is 23.7 Å². The zero-order valence-electron chi connectivity index (χ0n) is 21.2. The van der Waals surface area contributed by atoms with Gasteiger partial charge in [0, 0.05) is 12.6 Å². The smallest absolute Gasteiger partial charge is 0.249 e. The minimum absolute atomic E-state index is 0.000983. The Hall–Kier alpha value is -1.09. The number of carbonyl (C=O) groups excluding carboxylic acids is 1. The molecule has 0 aromatic heterocycles. The molecule has 16 N–H and O–H groups in total. The molecule has 0 aromatic rings. The summed E-state index contributed by atoms with van der Waals surface area (Å²) >= 11 is 0. The number of hydrogen-bond donors (Lipinski definition) is 11. The summed E-state index contributed by atoms with van der Waals surface area (Å²) in [5.74, 6) is -0.762. The lowest BCUT2D eigenvalue weighted by molar-refractivity contribution is -0.314. The highest BCUT2D eigenvalue weighted by atomic mass is 16.7. The average Bonchev–Trinajstić information content (AvgIpc) is 2.89. The molecule has 0 aromatic carbocycles. The Morgan fingerprint density at radius 1 is 0.947 bits per heavy atom. The van der Waals surface area contributed by atoms with Gasteiger partial charge in [-0.2, -0.15) is 0 Å². The molecule has 2 heterocycles. The summed E-state index contributed by atoms with van der Waals surface area (Å²) in [7, 11) is 0. The highest BCUT2D eigenvalue weighted by Gasteiger charge is 2.51. The quantitative estimate of drug-likeness (QED) is 0.120. The molecule has 6 unspecified atom stereocenters. The third-order valence-corrected chi connectivity index (χ3v) is 7.37. The van der Waals surface area contributed by atoms with Gasteiger partial charge >= 0.3 is 0 Å². The molecular weight excluding hydrogens is 508 g/mol. The van der Waals surface area contributed by atoms with Gasteiger partial charge < -0.3 is 78.5 Å². The number of rotatable bonds is 10. The molecular formula is C22H44N6O10. The van der Waals surface area contributed by atoms with Crippen LogP contribution in [0.1, 0.15) is 25.7 Å². The maximum Gasteiger partial charge on any atom is 0.249 e. The van der Waals surface area contributed by atoms with E-state index in [2.05, 4.69) is 5.32 Å². The normalized spacial score (nSPS) is 44.9. The van der Waals surface area contributed by atoms with E-state index < -0.39 is 92.0 Å². The third-order valence-electron chi connectivity index (χ3n) is 7.37. The monoisotopic (exact) mass is 552 g/mol. The van der Waals surface area contributed by atoms with Crippen LogP contribution in [0.2, 0.25) is 0 Å². The van der Waals surface area contributed by atoms with Gasteiger partial charge in [-0.25, -0.2) is 0 Å². The summed E-state index contributed by atoms with van der Waals surface area (Å²) in [4.78, 5) is 12.6. The van der Waals surface area contributed by atoms with Crippen LogP contribution in [0.15, 0.2) is 0 Å². The van der Waals surface area contributed by atoms with E-state index in [0.717, 1.165) is 0 Å². The van der Waals surface area contributed by atoms with Gasteiger partial charge in [0.05, 0.1) is 30.8 Å². The van der Waals surface area contributed by atoms with Crippen molar-refractivity contribution >= 4 is 5.91 Å². The fourth-order valence-corrected chi connectivity index (χ4v) is 5.02. The summed E-state index contributed by atoms with van der Waals surface area (Å²) in [6.45, 7) is -0.296. The Morgan fingerprint density at radius 3 is 2.26 bits per heavy atom. The fraction of sp³-hybridized carbons (Fsp3) is 0.955. The number of nitrogens with two attached hydrogens (primary N) is 5. The molecule has 0 radical (unpaired) electrons. The van der Waals surface area contributed by atoms with E-state index in [1.807, 2.05) is 0 Å². The summed E-state index contributed by atoms with van der Waals surface area (Å²) in [5, 5.41) is 54.4. The molecule has 14 atom stereocenters. The van der Waals surface area contributed by atoms with Crippen molar-refractivity contribution in [3.05, 3.63) is 0 Å². The first-order chi connectivity index (χ1) is 18.0. The molecule has 222 valence electrons. The van der Waals surface area contributed by atoms with Crippen LogP contribution in [0.4, 0.5) is 0 Å². The average molecular weight is 553 g/mol. The zero-order valence-corrected chi connectivity index (χ0v) is 21.2. The van der Waals surface area contributed by atoms with Crippen LogP contribution in [0.3, 0.4) is 0 Å². The molecule has 0 bridgehead atoms. The second-order valence-corrected chi connectivity index (χ2v) is 10.2. The van der Waals surface area contributed by atoms with Crippen molar-refractivity contribution in [2.24, 2.45) is 28.7 Å². The van der Waals surface area contributed by atoms with Crippen molar-refractivity contribution in [2.45, 2.75) is 111 Å². The number of ether oxygens (including phenoxy) is 4. The number of hydrogen-bond acceptors (Lipinski definition) is 15. The van der Waals surface area contributed by atoms with Crippen molar-refractivity contribution < 1.29 is 49.3 Å². The van der Waals surface area contributed by atoms with Crippen molar-refractivity contribution in [2.75, 3.05) is 19.7 Å². The van der Waals surface area contributed by atoms with Crippen molar-refractivity contribution in [3.8, 4) is 0 Å². The maximum absolute atomic E-state index is 12.6. The molecule has 0 spiro atoms. The Morgan fingerprint density at radius 2 is 1.63 bits per heavy atom. The predicted octanol–water partition coefficient (Wildman–Crippen LogP) is -6.40. The second-order valence-electron chi connectivity index (χ2n) is 10.2. The fourth-order valence-electron chi connectivity index (χ4n) is 5.02. The van der Waals surface area contributed by atoms with Crippen LogP contribution in [-0.4, -0.2) is 137 Å². The van der Waals surface area contributed by atoms with Gasteiger partial charge in [-0.1, -0.05) is 0 Å². The molecule has 2 aliphatic heterocycles. The number of aliphatic hydroxyl groups excluding tert-OH is 5. The molecule has 16 nitrogen and oxygen atoms in total. The number of nitrogens with one attached hydrogen (secondary N) is 1. The Labute approximate surface area is 220 Å². The van der Waals surface area contributed by atoms with E-state index in [1.165, 1.54) is 0 Å². The standard InChI is InChI=1S/C22H44N6O10/c23-4-3-12(30)20(34)28-11-5-10(26)18(37-21-9(25)2-1-8(6-24)35-21)17(33)19(11)38-22-16(32)14(27)15(31)13(7-29)36-22/h8-19,21-22,29-33H,1-7,23-27H2,(H,28,34)/t8?,9?,10-,11+,12-,13?,14-,15-,16?,17?,18?,19+,21-,22-/m0/s1. The molecule has 1 aliphatic carbocycles. The first kappa shape index (κ1) is 31.4. The second kappa shape index (κ2) is 14.0. The molecule has 1 amide bonds. The number of aliphatic hydroxyl groups is 5. The van der Waals surface area contributed by atoms with E-state index >= 15 is 0 Å². The molecule has 3 fully saturated rings. The van der Waals surface area contributed by atoms with Crippen LogP contribution < -0.4 is 34.0 Å². The van der Waals surface area contributed by atoms with E-state index in [1.54, 1.807) is 0 Å². The van der Waals surface area contributed by atoms with Crippen LogP contribution in [0, 0.1) is 0 Å². The molecule has 1 saturated carbocycles. The van der Waals surface area contributed by atoms with Gasteiger partial charge in [-0.15, -0.1) is 0 Å². The van der Waals surface area contributed by atoms with Crippen LogP contribution >= 0.6 is 0 Å². The first-order valence-corrected chi connectivity index (χ1v) is 12.9. The lowest BCUT2D eigenvalue weighted by Crippen LogP contribution is -2.69. The predicted molar refractivity (Wildman–Crippen MR) is 131 cm³/mol. The van der Waals surface area contributed by atoms with E-state index in [9.17, 15) is 30.3 Å². The van der Waals surface area contributed by atoms with Gasteiger partial charge in [-0.3, -0.25) is 4.79 Å². The summed E-state index contributed by atoms with van der Waals surface area (Å²) in [5.41, 5.74) is 29.6. The molecule has 3 rings (SSSR count). The third kappa shape index (κ3) is 7.15. The van der Waals surface area contributed by atoms with Gasteiger partial charge in [0.15, 0.2) is 12.6 Å². The molecule has 3 aliphatic rings. The van der Waals surface area contributed by atoms with E-state index in [0.29, 0.717) is 12.8 Å². The number of carbonyl (C=O) groups is 1.